The molecular formula is C27H25F2N3O5S. The maximum absolute atomic E-state index is 15.2. The standard InChI is InChI=1S/C27H25F2N3O5S/c1-37-23-12-6-10-18(25(23)29)19-14-31(15-20-21(28)11-7-13-24(20)38(2,35)36)27(34)32(26(19)33)16-22(30)17-8-4-3-5-9-17/h3-14,22H,15-16,30H2,1-2H3/t22-/m0/s1. The number of aromatic nitrogens is 2. The Bertz CT molecular complexity index is 1720. The maximum Gasteiger partial charge on any atom is 0.331 e. The summed E-state index contributed by atoms with van der Waals surface area (Å²) < 4.78 is 61.5. The second-order valence-electron chi connectivity index (χ2n) is 8.70. The van der Waals surface area contributed by atoms with Gasteiger partial charge in [-0.05, 0) is 23.8 Å². The molecule has 38 heavy (non-hydrogen) atoms. The van der Waals surface area contributed by atoms with Crippen LogP contribution in [0, 0.1) is 11.6 Å². The van der Waals surface area contributed by atoms with Crippen LogP contribution in [0.3, 0.4) is 0 Å². The number of benzene rings is 3. The van der Waals surface area contributed by atoms with E-state index >= 15 is 4.39 Å². The molecule has 0 spiro atoms. The van der Waals surface area contributed by atoms with Crippen LogP contribution in [-0.2, 0) is 22.9 Å². The lowest BCUT2D eigenvalue weighted by Crippen LogP contribution is -2.43. The van der Waals surface area contributed by atoms with Crippen molar-refractivity contribution in [1.82, 2.24) is 9.13 Å². The normalized spacial score (nSPS) is 12.3. The Labute approximate surface area is 217 Å². The Hall–Kier alpha value is -4.09. The number of hydrogen-bond acceptors (Lipinski definition) is 6. The van der Waals surface area contributed by atoms with Gasteiger partial charge < -0.3 is 10.5 Å². The first-order chi connectivity index (χ1) is 18.0. The van der Waals surface area contributed by atoms with Gasteiger partial charge in [-0.2, -0.15) is 0 Å². The zero-order chi connectivity index (χ0) is 27.6. The summed E-state index contributed by atoms with van der Waals surface area (Å²) in [7, 11) is -2.59. The van der Waals surface area contributed by atoms with Crippen LogP contribution in [0.4, 0.5) is 8.78 Å². The first kappa shape index (κ1) is 27.0. The van der Waals surface area contributed by atoms with E-state index in [1.807, 2.05) is 0 Å². The molecule has 8 nitrogen and oxygen atoms in total. The highest BCUT2D eigenvalue weighted by atomic mass is 32.2. The van der Waals surface area contributed by atoms with Crippen LogP contribution >= 0.6 is 0 Å². The average Bonchev–Trinajstić information content (AvgIpc) is 2.89. The number of nitrogens with zero attached hydrogens (tertiary/aromatic N) is 2. The molecule has 0 radical (unpaired) electrons. The van der Waals surface area contributed by atoms with Crippen molar-refractivity contribution >= 4 is 9.84 Å². The lowest BCUT2D eigenvalue weighted by Gasteiger charge is -2.18. The van der Waals surface area contributed by atoms with E-state index in [1.54, 1.807) is 30.3 Å². The van der Waals surface area contributed by atoms with Crippen molar-refractivity contribution in [3.63, 3.8) is 0 Å². The lowest BCUT2D eigenvalue weighted by atomic mass is 10.1. The molecule has 11 heteroatoms. The van der Waals surface area contributed by atoms with Crippen molar-refractivity contribution in [2.75, 3.05) is 13.4 Å². The van der Waals surface area contributed by atoms with Gasteiger partial charge in [0.05, 0.1) is 30.7 Å². The molecule has 0 unspecified atom stereocenters. The molecule has 1 aromatic heterocycles. The third kappa shape index (κ3) is 5.29. The molecule has 2 N–H and O–H groups in total. The highest BCUT2D eigenvalue weighted by molar-refractivity contribution is 7.90. The molecule has 0 saturated carbocycles. The van der Waals surface area contributed by atoms with E-state index in [4.69, 9.17) is 10.5 Å². The van der Waals surface area contributed by atoms with Gasteiger partial charge in [0, 0.05) is 29.6 Å². The van der Waals surface area contributed by atoms with Gasteiger partial charge in [0.15, 0.2) is 21.4 Å². The van der Waals surface area contributed by atoms with E-state index in [2.05, 4.69) is 0 Å². The second-order valence-corrected chi connectivity index (χ2v) is 10.7. The minimum Gasteiger partial charge on any atom is -0.494 e. The number of methoxy groups -OCH3 is 1. The van der Waals surface area contributed by atoms with Crippen LogP contribution < -0.4 is 21.7 Å². The van der Waals surface area contributed by atoms with Crippen molar-refractivity contribution < 1.29 is 21.9 Å². The van der Waals surface area contributed by atoms with E-state index in [9.17, 15) is 22.4 Å². The monoisotopic (exact) mass is 541 g/mol. The second kappa shape index (κ2) is 10.7. The number of rotatable bonds is 8. The third-order valence-electron chi connectivity index (χ3n) is 6.12. The summed E-state index contributed by atoms with van der Waals surface area (Å²) in [6, 6.07) is 15.7. The summed E-state index contributed by atoms with van der Waals surface area (Å²) in [5.74, 6) is -1.81. The molecular weight excluding hydrogens is 516 g/mol. The van der Waals surface area contributed by atoms with Crippen molar-refractivity contribution in [3.05, 3.63) is 117 Å². The Morgan fingerprint density at radius 2 is 1.63 bits per heavy atom. The fourth-order valence-electron chi connectivity index (χ4n) is 4.20. The summed E-state index contributed by atoms with van der Waals surface area (Å²) >= 11 is 0. The van der Waals surface area contributed by atoms with Gasteiger partial charge >= 0.3 is 5.69 Å². The van der Waals surface area contributed by atoms with Crippen LogP contribution in [0.5, 0.6) is 5.75 Å². The molecule has 3 aromatic carbocycles. The summed E-state index contributed by atoms with van der Waals surface area (Å²) in [6.45, 7) is -0.801. The van der Waals surface area contributed by atoms with Crippen molar-refractivity contribution in [1.29, 1.82) is 0 Å². The van der Waals surface area contributed by atoms with Gasteiger partial charge in [0.25, 0.3) is 5.56 Å². The summed E-state index contributed by atoms with van der Waals surface area (Å²) in [5.41, 5.74) is 4.63. The lowest BCUT2D eigenvalue weighted by molar-refractivity contribution is 0.387. The predicted octanol–water partition coefficient (Wildman–Crippen LogP) is 3.12. The van der Waals surface area contributed by atoms with E-state index in [-0.39, 0.29) is 33.9 Å². The van der Waals surface area contributed by atoms with E-state index in [0.29, 0.717) is 5.56 Å². The number of sulfone groups is 1. The van der Waals surface area contributed by atoms with Crippen LogP contribution in [0.1, 0.15) is 17.2 Å². The number of nitrogens with two attached hydrogens (primary N) is 1. The molecule has 4 rings (SSSR count). The minimum atomic E-state index is -3.86. The summed E-state index contributed by atoms with van der Waals surface area (Å²) in [4.78, 5) is 26.7. The van der Waals surface area contributed by atoms with Crippen LogP contribution in [0.15, 0.2) is 87.4 Å². The summed E-state index contributed by atoms with van der Waals surface area (Å²) in [6.07, 6.45) is 2.01. The zero-order valence-corrected chi connectivity index (χ0v) is 21.4. The van der Waals surface area contributed by atoms with E-state index < -0.39 is 45.3 Å². The Morgan fingerprint density at radius 1 is 0.947 bits per heavy atom. The summed E-state index contributed by atoms with van der Waals surface area (Å²) in [5, 5.41) is 0. The molecule has 1 heterocycles. The highest BCUT2D eigenvalue weighted by Crippen LogP contribution is 2.27. The van der Waals surface area contributed by atoms with Gasteiger partial charge in [0.1, 0.15) is 5.82 Å². The molecule has 0 aliphatic heterocycles. The van der Waals surface area contributed by atoms with Crippen molar-refractivity contribution in [3.8, 4) is 16.9 Å². The third-order valence-corrected chi connectivity index (χ3v) is 7.30. The quantitative estimate of drug-likeness (QED) is 0.367. The van der Waals surface area contributed by atoms with Gasteiger partial charge in [0.2, 0.25) is 0 Å². The Balaban J connectivity index is 1.96. The van der Waals surface area contributed by atoms with Gasteiger partial charge in [-0.25, -0.2) is 22.0 Å². The topological polar surface area (TPSA) is 113 Å². The van der Waals surface area contributed by atoms with Crippen LogP contribution in [-0.4, -0.2) is 30.9 Å². The number of ether oxygens (including phenoxy) is 1. The van der Waals surface area contributed by atoms with E-state index in [0.717, 1.165) is 27.7 Å². The Kier molecular flexibility index (Phi) is 7.61. The molecule has 0 aliphatic carbocycles. The first-order valence-electron chi connectivity index (χ1n) is 11.5. The number of hydrogen-bond donors (Lipinski definition) is 1. The molecule has 0 amide bonds. The molecule has 0 fully saturated rings. The predicted molar refractivity (Wildman–Crippen MR) is 139 cm³/mol. The molecule has 0 bridgehead atoms. The highest BCUT2D eigenvalue weighted by Gasteiger charge is 2.22. The maximum atomic E-state index is 15.2. The minimum absolute atomic E-state index is 0.124. The van der Waals surface area contributed by atoms with Gasteiger partial charge in [-0.3, -0.25) is 13.9 Å². The van der Waals surface area contributed by atoms with Crippen LogP contribution in [0.2, 0.25) is 0 Å². The SMILES string of the molecule is COc1cccc(-c2cn(Cc3c(F)cccc3S(C)(=O)=O)c(=O)n(C[C@H](N)c3ccccc3)c2=O)c1F. The van der Waals surface area contributed by atoms with Crippen molar-refractivity contribution in [2.45, 2.75) is 24.0 Å². The molecule has 0 aliphatic rings. The fourth-order valence-corrected chi connectivity index (χ4v) is 5.14. The van der Waals surface area contributed by atoms with Gasteiger partial charge in [-0.1, -0.05) is 48.5 Å². The first-order valence-corrected chi connectivity index (χ1v) is 13.4. The zero-order valence-electron chi connectivity index (χ0n) is 20.6. The van der Waals surface area contributed by atoms with E-state index in [1.165, 1.54) is 37.4 Å². The average molecular weight is 542 g/mol. The fraction of sp³-hybridized carbons (Fsp3) is 0.185. The number of halogens is 2. The molecule has 1 atom stereocenters. The van der Waals surface area contributed by atoms with Crippen molar-refractivity contribution in [2.24, 2.45) is 5.73 Å². The van der Waals surface area contributed by atoms with Gasteiger partial charge in [-0.15, -0.1) is 0 Å². The smallest absolute Gasteiger partial charge is 0.331 e. The molecule has 198 valence electrons. The Morgan fingerprint density at radius 3 is 2.29 bits per heavy atom. The van der Waals surface area contributed by atoms with Crippen LogP contribution in [0.25, 0.3) is 11.1 Å². The molecule has 0 saturated heterocycles. The molecule has 4 aromatic rings. The largest absolute Gasteiger partial charge is 0.494 e.